The Hall–Kier alpha value is -1.17. The van der Waals surface area contributed by atoms with Crippen molar-refractivity contribution in [2.24, 2.45) is 0 Å². The zero-order chi connectivity index (χ0) is 14.5. The molecule has 0 radical (unpaired) electrons. The van der Waals surface area contributed by atoms with Gasteiger partial charge in [0.1, 0.15) is 5.82 Å². The zero-order valence-electron chi connectivity index (χ0n) is 11.5. The van der Waals surface area contributed by atoms with E-state index in [4.69, 9.17) is 0 Å². The van der Waals surface area contributed by atoms with Crippen molar-refractivity contribution in [1.29, 1.82) is 0 Å². The predicted molar refractivity (Wildman–Crippen MR) is 67.9 cm³/mol. The van der Waals surface area contributed by atoms with Gasteiger partial charge in [-0.25, -0.2) is 9.97 Å². The second-order valence-electron chi connectivity index (χ2n) is 4.62. The topological polar surface area (TPSA) is 37.8 Å². The lowest BCUT2D eigenvalue weighted by atomic mass is 10.1. The van der Waals surface area contributed by atoms with Gasteiger partial charge in [-0.2, -0.15) is 13.2 Å². The average Bonchev–Trinajstić information content (AvgIpc) is 2.32. The first-order valence-corrected chi connectivity index (χ1v) is 6.46. The van der Waals surface area contributed by atoms with Gasteiger partial charge in [0.25, 0.3) is 0 Å². The van der Waals surface area contributed by atoms with Crippen LogP contribution in [-0.4, -0.2) is 22.7 Å². The summed E-state index contributed by atoms with van der Waals surface area (Å²) in [4.78, 5) is 8.17. The van der Waals surface area contributed by atoms with E-state index in [1.54, 1.807) is 13.1 Å². The summed E-state index contributed by atoms with van der Waals surface area (Å²) in [6.07, 6.45) is -2.56. The summed E-state index contributed by atoms with van der Waals surface area (Å²) in [5, 5.41) is 3.31. The molecule has 0 aliphatic heterocycles. The lowest BCUT2D eigenvalue weighted by Gasteiger charge is -2.15. The number of aryl methyl sites for hydroxylation is 2. The van der Waals surface area contributed by atoms with Gasteiger partial charge in [-0.15, -0.1) is 0 Å². The molecular formula is C13H20F3N3. The Morgan fingerprint density at radius 3 is 2.58 bits per heavy atom. The molecule has 19 heavy (non-hydrogen) atoms. The first-order chi connectivity index (χ1) is 8.83. The van der Waals surface area contributed by atoms with Gasteiger partial charge in [0.2, 0.25) is 0 Å². The van der Waals surface area contributed by atoms with Gasteiger partial charge in [-0.05, 0) is 26.8 Å². The van der Waals surface area contributed by atoms with E-state index in [9.17, 15) is 13.2 Å². The van der Waals surface area contributed by atoms with Gasteiger partial charge < -0.3 is 5.32 Å². The number of halogens is 3. The van der Waals surface area contributed by atoms with Crippen molar-refractivity contribution >= 4 is 0 Å². The molecule has 1 heterocycles. The van der Waals surface area contributed by atoms with E-state index in [0.717, 1.165) is 24.2 Å². The number of hydrogen-bond acceptors (Lipinski definition) is 3. The summed E-state index contributed by atoms with van der Waals surface area (Å²) in [6, 6.07) is 0.108. The minimum absolute atomic E-state index is 0.108. The monoisotopic (exact) mass is 275 g/mol. The highest BCUT2D eigenvalue weighted by atomic mass is 19.4. The van der Waals surface area contributed by atoms with Gasteiger partial charge in [0.05, 0.1) is 6.42 Å². The highest BCUT2D eigenvalue weighted by Crippen LogP contribution is 2.22. The van der Waals surface area contributed by atoms with Gasteiger partial charge in [-0.3, -0.25) is 0 Å². The molecular weight excluding hydrogens is 255 g/mol. The maximum atomic E-state index is 12.1. The third kappa shape index (κ3) is 5.55. The standard InChI is InChI=1S/C13H20F3N3/c1-4-7-17-9(2)11-8-18-12(19-10(11)3)5-6-13(14,15)16/h8-9,17H,4-7H2,1-3H3. The first kappa shape index (κ1) is 15.9. The quantitative estimate of drug-likeness (QED) is 0.865. The molecule has 0 fully saturated rings. The highest BCUT2D eigenvalue weighted by molar-refractivity contribution is 5.19. The fourth-order valence-electron chi connectivity index (χ4n) is 1.79. The molecule has 1 unspecified atom stereocenters. The Morgan fingerprint density at radius 2 is 2.05 bits per heavy atom. The lowest BCUT2D eigenvalue weighted by Crippen LogP contribution is -2.21. The van der Waals surface area contributed by atoms with Crippen LogP contribution in [0.5, 0.6) is 0 Å². The molecule has 1 rings (SSSR count). The summed E-state index contributed by atoms with van der Waals surface area (Å²) >= 11 is 0. The number of alkyl halides is 3. The second-order valence-corrected chi connectivity index (χ2v) is 4.62. The highest BCUT2D eigenvalue weighted by Gasteiger charge is 2.27. The Kier molecular flexibility index (Phi) is 5.72. The Balaban J connectivity index is 2.69. The van der Waals surface area contributed by atoms with Gasteiger partial charge >= 0.3 is 6.18 Å². The minimum Gasteiger partial charge on any atom is -0.310 e. The lowest BCUT2D eigenvalue weighted by molar-refractivity contribution is -0.134. The van der Waals surface area contributed by atoms with Crippen molar-refractivity contribution < 1.29 is 13.2 Å². The number of rotatable bonds is 6. The molecule has 0 spiro atoms. The second kappa shape index (κ2) is 6.84. The molecule has 1 aromatic heterocycles. The Morgan fingerprint density at radius 1 is 1.37 bits per heavy atom. The van der Waals surface area contributed by atoms with Crippen LogP contribution in [0.3, 0.4) is 0 Å². The molecule has 1 aromatic rings. The fourth-order valence-corrected chi connectivity index (χ4v) is 1.79. The van der Waals surface area contributed by atoms with Gasteiger partial charge in [-0.1, -0.05) is 6.92 Å². The maximum Gasteiger partial charge on any atom is 0.389 e. The van der Waals surface area contributed by atoms with E-state index >= 15 is 0 Å². The maximum absolute atomic E-state index is 12.1. The molecule has 0 aromatic carbocycles. The van der Waals surface area contributed by atoms with Gasteiger partial charge in [0, 0.05) is 29.9 Å². The summed E-state index contributed by atoms with van der Waals surface area (Å²) in [5.74, 6) is 0.251. The largest absolute Gasteiger partial charge is 0.389 e. The normalized spacial score (nSPS) is 13.6. The van der Waals surface area contributed by atoms with Gasteiger partial charge in [0.15, 0.2) is 0 Å². The van der Waals surface area contributed by atoms with Crippen LogP contribution in [0.4, 0.5) is 13.2 Å². The van der Waals surface area contributed by atoms with E-state index in [2.05, 4.69) is 22.2 Å². The van der Waals surface area contributed by atoms with E-state index in [-0.39, 0.29) is 18.3 Å². The zero-order valence-corrected chi connectivity index (χ0v) is 11.5. The van der Waals surface area contributed by atoms with Crippen LogP contribution in [0.25, 0.3) is 0 Å². The number of nitrogens with one attached hydrogen (secondary N) is 1. The smallest absolute Gasteiger partial charge is 0.310 e. The van der Waals surface area contributed by atoms with Crippen LogP contribution in [0.15, 0.2) is 6.20 Å². The predicted octanol–water partition coefficient (Wildman–Crippen LogP) is 3.34. The fraction of sp³-hybridized carbons (Fsp3) is 0.692. The van der Waals surface area contributed by atoms with E-state index in [1.807, 2.05) is 6.92 Å². The first-order valence-electron chi connectivity index (χ1n) is 6.46. The summed E-state index contributed by atoms with van der Waals surface area (Å²) in [6.45, 7) is 6.76. The van der Waals surface area contributed by atoms with Crippen LogP contribution >= 0.6 is 0 Å². The number of hydrogen-bond donors (Lipinski definition) is 1. The minimum atomic E-state index is -4.16. The third-order valence-corrected chi connectivity index (χ3v) is 2.87. The molecule has 3 nitrogen and oxygen atoms in total. The molecule has 0 aliphatic rings. The van der Waals surface area contributed by atoms with Crippen LogP contribution in [0.2, 0.25) is 0 Å². The van der Waals surface area contributed by atoms with Crippen molar-refractivity contribution in [2.45, 2.75) is 52.3 Å². The van der Waals surface area contributed by atoms with Crippen molar-refractivity contribution in [2.75, 3.05) is 6.54 Å². The molecule has 0 aliphatic carbocycles. The van der Waals surface area contributed by atoms with E-state index < -0.39 is 12.6 Å². The van der Waals surface area contributed by atoms with Crippen molar-refractivity contribution in [3.05, 3.63) is 23.3 Å². The van der Waals surface area contributed by atoms with E-state index in [1.165, 1.54) is 0 Å². The SMILES string of the molecule is CCCNC(C)c1cnc(CCC(F)(F)F)nc1C. The summed E-state index contributed by atoms with van der Waals surface area (Å²) in [5.41, 5.74) is 1.67. The third-order valence-electron chi connectivity index (χ3n) is 2.87. The Bertz CT molecular complexity index is 405. The molecule has 0 saturated heterocycles. The Labute approximate surface area is 111 Å². The molecule has 6 heteroatoms. The molecule has 1 N–H and O–H groups in total. The van der Waals surface area contributed by atoms with Crippen LogP contribution in [0, 0.1) is 6.92 Å². The van der Waals surface area contributed by atoms with E-state index in [0.29, 0.717) is 0 Å². The van der Waals surface area contributed by atoms with Crippen LogP contribution in [-0.2, 0) is 6.42 Å². The number of aromatic nitrogens is 2. The average molecular weight is 275 g/mol. The number of nitrogens with zero attached hydrogens (tertiary/aromatic N) is 2. The van der Waals surface area contributed by atoms with Crippen LogP contribution < -0.4 is 5.32 Å². The molecule has 0 bridgehead atoms. The molecule has 1 atom stereocenters. The van der Waals surface area contributed by atoms with Crippen molar-refractivity contribution in [1.82, 2.24) is 15.3 Å². The molecule has 0 saturated carbocycles. The summed E-state index contributed by atoms with van der Waals surface area (Å²) in [7, 11) is 0. The van der Waals surface area contributed by atoms with Crippen molar-refractivity contribution in [3.8, 4) is 0 Å². The summed E-state index contributed by atoms with van der Waals surface area (Å²) < 4.78 is 36.4. The molecule has 0 amide bonds. The molecule has 108 valence electrons. The van der Waals surface area contributed by atoms with Crippen LogP contribution in [0.1, 0.15) is 49.8 Å². The van der Waals surface area contributed by atoms with Crippen molar-refractivity contribution in [3.63, 3.8) is 0 Å².